The first-order chi connectivity index (χ1) is 15.0. The molecule has 1 amide bonds. The molecule has 0 atom stereocenters. The van der Waals surface area contributed by atoms with Gasteiger partial charge in [-0.05, 0) is 36.8 Å². The predicted octanol–water partition coefficient (Wildman–Crippen LogP) is 2.07. The maximum absolute atomic E-state index is 12.4. The molecular weight excluding hydrogens is 398 g/mol. The van der Waals surface area contributed by atoms with E-state index in [1.807, 2.05) is 25.1 Å². The number of benzene rings is 1. The Morgan fingerprint density at radius 1 is 1.19 bits per heavy atom. The predicted molar refractivity (Wildman–Crippen MR) is 115 cm³/mol. The van der Waals surface area contributed by atoms with Gasteiger partial charge in [0.2, 0.25) is 11.9 Å². The van der Waals surface area contributed by atoms with Crippen molar-refractivity contribution in [1.82, 2.24) is 24.8 Å². The summed E-state index contributed by atoms with van der Waals surface area (Å²) in [6.45, 7) is 5.11. The van der Waals surface area contributed by atoms with Gasteiger partial charge in [0.05, 0.1) is 25.6 Å². The minimum absolute atomic E-state index is 0.0901. The van der Waals surface area contributed by atoms with Gasteiger partial charge in [-0.3, -0.25) is 9.69 Å². The van der Waals surface area contributed by atoms with Crippen molar-refractivity contribution in [1.29, 1.82) is 0 Å². The summed E-state index contributed by atoms with van der Waals surface area (Å²) in [5.74, 6) is 2.02. The highest BCUT2D eigenvalue weighted by Crippen LogP contribution is 2.27. The van der Waals surface area contributed by atoms with Crippen LogP contribution >= 0.6 is 0 Å². The largest absolute Gasteiger partial charge is 0.495 e. The Labute approximate surface area is 180 Å². The monoisotopic (exact) mass is 423 g/mol. The molecular formula is C21H25N7O3. The Balaban J connectivity index is 1.40. The van der Waals surface area contributed by atoms with Crippen LogP contribution < -0.4 is 15.8 Å². The van der Waals surface area contributed by atoms with Gasteiger partial charge in [0, 0.05) is 26.2 Å². The SMILES string of the molecule is COc1ccc(C)cc1Nc1nc(N)nc(CN2CCN(C(=O)c3ccco3)CC2)n1. The summed E-state index contributed by atoms with van der Waals surface area (Å²) in [5.41, 5.74) is 7.75. The maximum Gasteiger partial charge on any atom is 0.289 e. The van der Waals surface area contributed by atoms with E-state index < -0.39 is 0 Å². The molecule has 3 N–H and O–H groups in total. The molecule has 2 aromatic heterocycles. The lowest BCUT2D eigenvalue weighted by molar-refractivity contribution is 0.0595. The standard InChI is InChI=1S/C21H25N7O3/c1-14-5-6-16(30-2)15(12-14)23-21-25-18(24-20(22)26-21)13-27-7-9-28(10-8-27)19(29)17-4-3-11-31-17/h3-6,11-12H,7-10,13H2,1-2H3,(H3,22,23,24,25,26). The maximum atomic E-state index is 12.4. The number of nitrogens with two attached hydrogens (primary N) is 1. The van der Waals surface area contributed by atoms with Gasteiger partial charge >= 0.3 is 0 Å². The first-order valence-corrected chi connectivity index (χ1v) is 9.99. The van der Waals surface area contributed by atoms with Crippen molar-refractivity contribution in [2.75, 3.05) is 44.3 Å². The third-order valence-corrected chi connectivity index (χ3v) is 5.06. The van der Waals surface area contributed by atoms with E-state index in [0.717, 1.165) is 11.3 Å². The molecule has 0 unspecified atom stereocenters. The Hall–Kier alpha value is -3.66. The van der Waals surface area contributed by atoms with Gasteiger partial charge in [-0.25, -0.2) is 0 Å². The van der Waals surface area contributed by atoms with Gasteiger partial charge in [0.15, 0.2) is 5.76 Å². The molecule has 10 heteroatoms. The number of rotatable bonds is 6. The molecule has 1 aromatic carbocycles. The fourth-order valence-electron chi connectivity index (χ4n) is 3.47. The van der Waals surface area contributed by atoms with Gasteiger partial charge in [0.1, 0.15) is 11.6 Å². The highest BCUT2D eigenvalue weighted by molar-refractivity contribution is 5.91. The number of carbonyl (C=O) groups is 1. The highest BCUT2D eigenvalue weighted by atomic mass is 16.5. The smallest absolute Gasteiger partial charge is 0.289 e. The van der Waals surface area contributed by atoms with Crippen molar-refractivity contribution in [2.24, 2.45) is 0 Å². The van der Waals surface area contributed by atoms with Gasteiger partial charge in [-0.2, -0.15) is 15.0 Å². The van der Waals surface area contributed by atoms with E-state index >= 15 is 0 Å². The molecule has 3 heterocycles. The van der Waals surface area contributed by atoms with E-state index in [2.05, 4.69) is 25.2 Å². The zero-order chi connectivity index (χ0) is 21.8. The molecule has 1 aliphatic heterocycles. The molecule has 3 aromatic rings. The second-order valence-electron chi connectivity index (χ2n) is 7.31. The molecule has 0 aliphatic carbocycles. The quantitative estimate of drug-likeness (QED) is 0.613. The third kappa shape index (κ3) is 4.92. The van der Waals surface area contributed by atoms with E-state index in [1.165, 1.54) is 6.26 Å². The van der Waals surface area contributed by atoms with Crippen LogP contribution in [0.5, 0.6) is 5.75 Å². The van der Waals surface area contributed by atoms with Crippen LogP contribution in [0.25, 0.3) is 0 Å². The molecule has 10 nitrogen and oxygen atoms in total. The minimum Gasteiger partial charge on any atom is -0.495 e. The summed E-state index contributed by atoms with van der Waals surface area (Å²) < 4.78 is 10.6. The number of hydrogen-bond donors (Lipinski definition) is 2. The average Bonchev–Trinajstić information content (AvgIpc) is 3.28. The number of carbonyl (C=O) groups excluding carboxylic acids is 1. The van der Waals surface area contributed by atoms with Crippen LogP contribution in [-0.2, 0) is 6.54 Å². The Bertz CT molecular complexity index is 1050. The van der Waals surface area contributed by atoms with Crippen LogP contribution in [0.3, 0.4) is 0 Å². The number of methoxy groups -OCH3 is 1. The number of piperazine rings is 1. The van der Waals surface area contributed by atoms with Crippen LogP contribution in [0.2, 0.25) is 0 Å². The zero-order valence-electron chi connectivity index (χ0n) is 17.5. The van der Waals surface area contributed by atoms with Crippen molar-refractivity contribution in [2.45, 2.75) is 13.5 Å². The van der Waals surface area contributed by atoms with E-state index in [-0.39, 0.29) is 11.9 Å². The number of aryl methyl sites for hydroxylation is 1. The Morgan fingerprint density at radius 3 is 2.71 bits per heavy atom. The number of nitrogen functional groups attached to an aromatic ring is 1. The molecule has 162 valence electrons. The lowest BCUT2D eigenvalue weighted by Gasteiger charge is -2.33. The highest BCUT2D eigenvalue weighted by Gasteiger charge is 2.24. The number of ether oxygens (including phenoxy) is 1. The van der Waals surface area contributed by atoms with Crippen molar-refractivity contribution >= 4 is 23.5 Å². The summed E-state index contributed by atoms with van der Waals surface area (Å²) in [4.78, 5) is 29.4. The lowest BCUT2D eigenvalue weighted by Crippen LogP contribution is -2.48. The number of hydrogen-bond acceptors (Lipinski definition) is 9. The first-order valence-electron chi connectivity index (χ1n) is 9.99. The van der Waals surface area contributed by atoms with Crippen molar-refractivity contribution < 1.29 is 13.9 Å². The average molecular weight is 423 g/mol. The summed E-state index contributed by atoms with van der Waals surface area (Å²) in [5, 5.41) is 3.17. The van der Waals surface area contributed by atoms with Crippen LogP contribution in [0.1, 0.15) is 21.9 Å². The van der Waals surface area contributed by atoms with E-state index in [1.54, 1.807) is 24.1 Å². The molecule has 1 saturated heterocycles. The van der Waals surface area contributed by atoms with E-state index in [4.69, 9.17) is 14.9 Å². The van der Waals surface area contributed by atoms with Gasteiger partial charge < -0.3 is 25.1 Å². The second-order valence-corrected chi connectivity index (χ2v) is 7.31. The van der Waals surface area contributed by atoms with E-state index in [9.17, 15) is 4.79 Å². The normalized spacial score (nSPS) is 14.5. The fraction of sp³-hybridized carbons (Fsp3) is 0.333. The number of amides is 1. The van der Waals surface area contributed by atoms with Gasteiger partial charge in [0.25, 0.3) is 5.91 Å². The van der Waals surface area contributed by atoms with Crippen LogP contribution in [-0.4, -0.2) is 63.9 Å². The summed E-state index contributed by atoms with van der Waals surface area (Å²) in [6.07, 6.45) is 1.51. The van der Waals surface area contributed by atoms with Crippen molar-refractivity contribution in [3.8, 4) is 5.75 Å². The molecule has 1 fully saturated rings. The molecule has 0 saturated carbocycles. The first kappa shape index (κ1) is 20.6. The number of anilines is 3. The van der Waals surface area contributed by atoms with Crippen molar-refractivity contribution in [3.63, 3.8) is 0 Å². The van der Waals surface area contributed by atoms with Crippen molar-refractivity contribution in [3.05, 3.63) is 53.7 Å². The summed E-state index contributed by atoms with van der Waals surface area (Å²) in [7, 11) is 1.61. The topological polar surface area (TPSA) is 123 Å². The van der Waals surface area contributed by atoms with E-state index in [0.29, 0.717) is 56.0 Å². The molecule has 0 spiro atoms. The van der Waals surface area contributed by atoms with Crippen LogP contribution in [0.4, 0.5) is 17.6 Å². The number of furan rings is 1. The van der Waals surface area contributed by atoms with Crippen LogP contribution in [0.15, 0.2) is 41.0 Å². The fourth-order valence-corrected chi connectivity index (χ4v) is 3.47. The van der Waals surface area contributed by atoms with Gasteiger partial charge in [-0.15, -0.1) is 0 Å². The number of nitrogens with zero attached hydrogens (tertiary/aromatic N) is 5. The Morgan fingerprint density at radius 2 is 2.00 bits per heavy atom. The molecule has 1 aliphatic rings. The molecule has 0 bridgehead atoms. The lowest BCUT2D eigenvalue weighted by atomic mass is 10.2. The Kier molecular flexibility index (Phi) is 5.99. The van der Waals surface area contributed by atoms with Crippen LogP contribution in [0, 0.1) is 6.92 Å². The molecule has 4 rings (SSSR count). The summed E-state index contributed by atoms with van der Waals surface area (Å²) in [6, 6.07) is 9.19. The summed E-state index contributed by atoms with van der Waals surface area (Å²) >= 11 is 0. The minimum atomic E-state index is -0.0901. The molecule has 0 radical (unpaired) electrons. The number of aromatic nitrogens is 3. The van der Waals surface area contributed by atoms with Gasteiger partial charge in [-0.1, -0.05) is 6.07 Å². The molecule has 31 heavy (non-hydrogen) atoms. The third-order valence-electron chi connectivity index (χ3n) is 5.06. The zero-order valence-corrected chi connectivity index (χ0v) is 17.5. The second kappa shape index (κ2) is 9.00. The number of nitrogens with one attached hydrogen (secondary N) is 1.